The maximum atomic E-state index is 12.7. The smallest absolute Gasteiger partial charge is 0.321 e. The zero-order valence-corrected chi connectivity index (χ0v) is 15.7. The normalized spacial score (nSPS) is 22.3. The molecule has 0 unspecified atom stereocenters. The van der Waals surface area contributed by atoms with Gasteiger partial charge in [-0.2, -0.15) is 0 Å². The number of rotatable bonds is 4. The average molecular weight is 366 g/mol. The molecule has 0 radical (unpaired) electrons. The van der Waals surface area contributed by atoms with E-state index in [2.05, 4.69) is 22.2 Å². The molecule has 27 heavy (non-hydrogen) atoms. The molecule has 1 aromatic heterocycles. The Bertz CT molecular complexity index is 766. The van der Waals surface area contributed by atoms with Crippen molar-refractivity contribution in [1.82, 2.24) is 14.8 Å². The Balaban J connectivity index is 1.32. The molecule has 0 aliphatic carbocycles. The van der Waals surface area contributed by atoms with Crippen LogP contribution in [0.25, 0.3) is 0 Å². The number of benzene rings is 1. The predicted octanol–water partition coefficient (Wildman–Crippen LogP) is 3.22. The Morgan fingerprint density at radius 2 is 2.00 bits per heavy atom. The average Bonchev–Trinajstić information content (AvgIpc) is 3.00. The van der Waals surface area contributed by atoms with Gasteiger partial charge in [0.05, 0.1) is 5.69 Å². The summed E-state index contributed by atoms with van der Waals surface area (Å²) in [4.78, 5) is 21.3. The van der Waals surface area contributed by atoms with Crippen molar-refractivity contribution in [3.05, 3.63) is 54.4 Å². The van der Waals surface area contributed by atoms with E-state index in [0.717, 1.165) is 36.8 Å². The Kier molecular flexibility index (Phi) is 5.25. The van der Waals surface area contributed by atoms with Crippen LogP contribution in [0.3, 0.4) is 0 Å². The molecule has 3 aliphatic heterocycles. The highest BCUT2D eigenvalue weighted by Gasteiger charge is 2.34. The van der Waals surface area contributed by atoms with Gasteiger partial charge in [0, 0.05) is 37.6 Å². The number of amides is 2. The molecule has 3 aliphatic rings. The van der Waals surface area contributed by atoms with Crippen molar-refractivity contribution in [2.24, 2.45) is 5.92 Å². The molecule has 5 rings (SSSR count). The number of fused-ring (bicyclic) bond motifs is 4. The molecule has 2 amide bonds. The largest absolute Gasteiger partial charge is 0.487 e. The molecule has 3 fully saturated rings. The predicted molar refractivity (Wildman–Crippen MR) is 105 cm³/mol. The maximum absolute atomic E-state index is 12.7. The molecule has 4 heterocycles. The fourth-order valence-corrected chi connectivity index (χ4v) is 3.96. The first kappa shape index (κ1) is 17.8. The van der Waals surface area contributed by atoms with Gasteiger partial charge in [-0.05, 0) is 62.2 Å². The van der Waals surface area contributed by atoms with Crippen LogP contribution in [0, 0.1) is 5.92 Å². The number of nitrogens with one attached hydrogen (secondary N) is 1. The van der Waals surface area contributed by atoms with Crippen LogP contribution in [0.4, 0.5) is 10.5 Å². The highest BCUT2D eigenvalue weighted by molar-refractivity contribution is 5.89. The first-order chi connectivity index (χ1) is 13.2. The molecule has 6 heteroatoms. The van der Waals surface area contributed by atoms with Crippen LogP contribution >= 0.6 is 0 Å². The van der Waals surface area contributed by atoms with E-state index in [9.17, 15) is 4.79 Å². The minimum atomic E-state index is -0.00986. The minimum absolute atomic E-state index is 0.00986. The van der Waals surface area contributed by atoms with Crippen LogP contribution in [-0.2, 0) is 6.61 Å². The fourth-order valence-electron chi connectivity index (χ4n) is 3.96. The molecule has 142 valence electrons. The Morgan fingerprint density at radius 3 is 2.74 bits per heavy atom. The fraction of sp³-hybridized carbons (Fsp3) is 0.429. The molecule has 2 atom stereocenters. The Morgan fingerprint density at radius 1 is 1.15 bits per heavy atom. The van der Waals surface area contributed by atoms with Crippen molar-refractivity contribution < 1.29 is 9.53 Å². The van der Waals surface area contributed by atoms with Crippen LogP contribution in [0.2, 0.25) is 0 Å². The van der Waals surface area contributed by atoms with E-state index in [0.29, 0.717) is 18.6 Å². The van der Waals surface area contributed by atoms with Crippen molar-refractivity contribution in [3.8, 4) is 5.75 Å². The number of carbonyl (C=O) groups is 1. The second-order valence-corrected chi connectivity index (χ2v) is 7.51. The number of ether oxygens (including phenoxy) is 1. The number of urea groups is 1. The van der Waals surface area contributed by atoms with Crippen molar-refractivity contribution in [1.29, 1.82) is 0 Å². The van der Waals surface area contributed by atoms with Gasteiger partial charge in [-0.25, -0.2) is 4.79 Å². The number of likely N-dealkylation sites (N-methyl/N-ethyl adjacent to an activating group) is 1. The lowest BCUT2D eigenvalue weighted by atomic mass is 9.96. The lowest BCUT2D eigenvalue weighted by Gasteiger charge is -2.32. The van der Waals surface area contributed by atoms with Crippen LogP contribution < -0.4 is 10.1 Å². The van der Waals surface area contributed by atoms with E-state index in [-0.39, 0.29) is 6.03 Å². The molecule has 0 spiro atoms. The molecule has 6 nitrogen and oxygen atoms in total. The molecule has 1 aromatic carbocycles. The maximum Gasteiger partial charge on any atom is 0.321 e. The first-order valence-corrected chi connectivity index (χ1v) is 9.56. The summed E-state index contributed by atoms with van der Waals surface area (Å²) in [5, 5.41) is 3.02. The quantitative estimate of drug-likeness (QED) is 0.903. The monoisotopic (exact) mass is 366 g/mol. The van der Waals surface area contributed by atoms with Gasteiger partial charge in [0.25, 0.3) is 0 Å². The molecular weight excluding hydrogens is 340 g/mol. The summed E-state index contributed by atoms with van der Waals surface area (Å²) in [6.45, 7) is 3.18. The topological polar surface area (TPSA) is 57.7 Å². The van der Waals surface area contributed by atoms with Crippen molar-refractivity contribution in [2.45, 2.75) is 25.5 Å². The summed E-state index contributed by atoms with van der Waals surface area (Å²) < 4.78 is 5.74. The number of nitrogens with zero attached hydrogens (tertiary/aromatic N) is 3. The summed E-state index contributed by atoms with van der Waals surface area (Å²) in [5.41, 5.74) is 1.67. The third-order valence-corrected chi connectivity index (χ3v) is 5.49. The van der Waals surface area contributed by atoms with Gasteiger partial charge in [-0.1, -0.05) is 6.07 Å². The minimum Gasteiger partial charge on any atom is -0.487 e. The van der Waals surface area contributed by atoms with E-state index in [1.54, 1.807) is 6.20 Å². The van der Waals surface area contributed by atoms with Gasteiger partial charge in [0.2, 0.25) is 0 Å². The highest BCUT2D eigenvalue weighted by atomic mass is 16.5. The van der Waals surface area contributed by atoms with Gasteiger partial charge in [0.15, 0.2) is 0 Å². The molecule has 2 aromatic rings. The lowest BCUT2D eigenvalue weighted by Crippen LogP contribution is -2.42. The Hall–Kier alpha value is -2.60. The standard InChI is InChI=1S/C21H26N4O2/c1-24-12-16-5-8-19(24)14-25(13-16)21(26)23-17-6-9-20(10-7-17)27-15-18-4-2-3-11-22-18/h2-4,6-7,9-11,16,19H,5,8,12-15H2,1H3,(H,23,26)/t16-,19-/m0/s1. The van der Waals surface area contributed by atoms with Crippen molar-refractivity contribution in [3.63, 3.8) is 0 Å². The zero-order chi connectivity index (χ0) is 18.6. The van der Waals surface area contributed by atoms with Crippen molar-refractivity contribution in [2.75, 3.05) is 32.0 Å². The molecule has 3 saturated heterocycles. The van der Waals surface area contributed by atoms with Gasteiger partial charge < -0.3 is 19.9 Å². The second kappa shape index (κ2) is 7.96. The summed E-state index contributed by atoms with van der Waals surface area (Å²) in [6.07, 6.45) is 4.17. The van der Waals surface area contributed by atoms with Crippen molar-refractivity contribution >= 4 is 11.7 Å². The van der Waals surface area contributed by atoms with Crippen LogP contribution in [0.15, 0.2) is 48.7 Å². The SMILES string of the molecule is CN1C[C@@H]2CC[C@H]1CN(C(=O)Nc1ccc(OCc3ccccn3)cc1)C2. The van der Waals surface area contributed by atoms with E-state index in [4.69, 9.17) is 4.74 Å². The second-order valence-electron chi connectivity index (χ2n) is 7.51. The van der Waals surface area contributed by atoms with Gasteiger partial charge in [-0.15, -0.1) is 0 Å². The molecular formula is C21H26N4O2. The number of hydrogen-bond donors (Lipinski definition) is 1. The van der Waals surface area contributed by atoms with Gasteiger partial charge in [-0.3, -0.25) is 4.98 Å². The molecule has 0 saturated carbocycles. The zero-order valence-electron chi connectivity index (χ0n) is 15.7. The summed E-state index contributed by atoms with van der Waals surface area (Å²) in [7, 11) is 2.17. The number of aromatic nitrogens is 1. The summed E-state index contributed by atoms with van der Waals surface area (Å²) in [6, 6.07) is 13.7. The highest BCUT2D eigenvalue weighted by Crippen LogP contribution is 2.27. The van der Waals surface area contributed by atoms with Crippen LogP contribution in [-0.4, -0.2) is 53.5 Å². The third-order valence-electron chi connectivity index (χ3n) is 5.49. The first-order valence-electron chi connectivity index (χ1n) is 9.56. The van der Waals surface area contributed by atoms with E-state index < -0.39 is 0 Å². The number of anilines is 1. The number of pyridine rings is 1. The number of hydrogen-bond acceptors (Lipinski definition) is 4. The number of piperidine rings is 1. The lowest BCUT2D eigenvalue weighted by molar-refractivity contribution is 0.166. The number of carbonyl (C=O) groups excluding carboxylic acids is 1. The Labute approximate surface area is 160 Å². The molecule has 1 N–H and O–H groups in total. The third kappa shape index (κ3) is 4.39. The summed E-state index contributed by atoms with van der Waals surface area (Å²) in [5.74, 6) is 1.34. The van der Waals surface area contributed by atoms with Crippen LogP contribution in [0.5, 0.6) is 5.75 Å². The molecule has 2 bridgehead atoms. The van der Waals surface area contributed by atoms with Crippen LogP contribution in [0.1, 0.15) is 18.5 Å². The van der Waals surface area contributed by atoms with E-state index in [1.807, 2.05) is 47.4 Å². The van der Waals surface area contributed by atoms with E-state index >= 15 is 0 Å². The van der Waals surface area contributed by atoms with Gasteiger partial charge >= 0.3 is 6.03 Å². The van der Waals surface area contributed by atoms with Gasteiger partial charge in [0.1, 0.15) is 12.4 Å². The van der Waals surface area contributed by atoms with E-state index in [1.165, 1.54) is 12.8 Å². The summed E-state index contributed by atoms with van der Waals surface area (Å²) >= 11 is 0.